The van der Waals surface area contributed by atoms with Crippen molar-refractivity contribution in [3.05, 3.63) is 40.9 Å². The summed E-state index contributed by atoms with van der Waals surface area (Å²) >= 11 is 3.45. The summed E-state index contributed by atoms with van der Waals surface area (Å²) in [7, 11) is 0. The molecule has 0 saturated heterocycles. The van der Waals surface area contributed by atoms with Gasteiger partial charge in [0, 0.05) is 16.6 Å². The van der Waals surface area contributed by atoms with E-state index in [2.05, 4.69) is 20.9 Å². The van der Waals surface area contributed by atoms with Gasteiger partial charge in [0.15, 0.2) is 0 Å². The first-order valence-electron chi connectivity index (χ1n) is 5.65. The Balaban J connectivity index is 1.95. The molecule has 0 atom stereocenters. The van der Waals surface area contributed by atoms with Crippen molar-refractivity contribution in [2.75, 3.05) is 6.54 Å². The van der Waals surface area contributed by atoms with Gasteiger partial charge in [-0.1, -0.05) is 28.1 Å². The number of rotatable bonds is 3. The fraction of sp³-hybridized carbons (Fsp3) is 0.308. The second-order valence-corrected chi connectivity index (χ2v) is 5.45. The third kappa shape index (κ3) is 1.91. The number of benzene rings is 1. The summed E-state index contributed by atoms with van der Waals surface area (Å²) in [5.74, 6) is 0.787. The molecule has 1 heterocycles. The van der Waals surface area contributed by atoms with Crippen LogP contribution in [0.4, 0.5) is 0 Å². The molecule has 1 saturated carbocycles. The van der Waals surface area contributed by atoms with Crippen molar-refractivity contribution in [3.8, 4) is 11.3 Å². The Kier molecular flexibility index (Phi) is 2.56. The number of aromatic nitrogens is 1. The number of nitrogens with two attached hydrogens (primary N) is 1. The Labute approximate surface area is 108 Å². The Morgan fingerprint density at radius 2 is 2.24 bits per heavy atom. The molecule has 1 aliphatic carbocycles. The van der Waals surface area contributed by atoms with Gasteiger partial charge in [-0.15, -0.1) is 0 Å². The Morgan fingerprint density at radius 1 is 1.41 bits per heavy atom. The van der Waals surface area contributed by atoms with E-state index in [0.29, 0.717) is 6.54 Å². The highest BCUT2D eigenvalue weighted by molar-refractivity contribution is 9.10. The molecule has 2 aromatic rings. The van der Waals surface area contributed by atoms with E-state index in [1.165, 1.54) is 0 Å². The second-order valence-electron chi connectivity index (χ2n) is 4.53. The molecule has 17 heavy (non-hydrogen) atoms. The minimum atomic E-state index is 0.0181. The van der Waals surface area contributed by atoms with Crippen LogP contribution in [0.15, 0.2) is 39.4 Å². The van der Waals surface area contributed by atoms with Gasteiger partial charge in [-0.3, -0.25) is 0 Å². The van der Waals surface area contributed by atoms with E-state index in [0.717, 1.165) is 34.5 Å². The predicted molar refractivity (Wildman–Crippen MR) is 69.6 cm³/mol. The van der Waals surface area contributed by atoms with Gasteiger partial charge in [-0.25, -0.2) is 4.98 Å². The maximum Gasteiger partial charge on any atom is 0.202 e. The van der Waals surface area contributed by atoms with Gasteiger partial charge in [0.05, 0.1) is 5.41 Å². The van der Waals surface area contributed by atoms with Gasteiger partial charge < -0.3 is 10.2 Å². The Hall–Kier alpha value is -1.13. The zero-order valence-electron chi connectivity index (χ0n) is 9.32. The van der Waals surface area contributed by atoms with E-state index in [9.17, 15) is 0 Å². The molecule has 0 aliphatic heterocycles. The fourth-order valence-corrected chi connectivity index (χ4v) is 2.35. The quantitative estimate of drug-likeness (QED) is 0.946. The van der Waals surface area contributed by atoms with E-state index in [4.69, 9.17) is 10.2 Å². The van der Waals surface area contributed by atoms with Gasteiger partial charge in [-0.2, -0.15) is 0 Å². The van der Waals surface area contributed by atoms with Crippen molar-refractivity contribution in [2.45, 2.75) is 18.3 Å². The van der Waals surface area contributed by atoms with E-state index in [1.807, 2.05) is 24.3 Å². The lowest BCUT2D eigenvalue weighted by Crippen LogP contribution is -2.19. The number of halogens is 1. The molecule has 1 aromatic heterocycles. The summed E-state index contributed by atoms with van der Waals surface area (Å²) in [6.07, 6.45) is 3.89. The van der Waals surface area contributed by atoms with E-state index >= 15 is 0 Å². The molecule has 1 fully saturated rings. The molecule has 0 bridgehead atoms. The number of hydrogen-bond acceptors (Lipinski definition) is 3. The van der Waals surface area contributed by atoms with Crippen molar-refractivity contribution in [1.29, 1.82) is 0 Å². The highest BCUT2D eigenvalue weighted by Gasteiger charge is 2.47. The maximum absolute atomic E-state index is 5.77. The van der Waals surface area contributed by atoms with Crippen LogP contribution in [0, 0.1) is 0 Å². The minimum Gasteiger partial charge on any atom is -0.448 e. The summed E-state index contributed by atoms with van der Waals surface area (Å²) in [4.78, 5) is 4.56. The van der Waals surface area contributed by atoms with Crippen LogP contribution in [0.3, 0.4) is 0 Å². The van der Waals surface area contributed by atoms with Gasteiger partial charge >= 0.3 is 0 Å². The monoisotopic (exact) mass is 292 g/mol. The molecular formula is C13H13BrN2O. The standard InChI is InChI=1S/C13H13BrN2O/c14-10-3-1-2-9(6-10)11-7-17-12(16-11)13(8-15)4-5-13/h1-3,6-7H,4-5,8,15H2. The van der Waals surface area contributed by atoms with Crippen LogP contribution < -0.4 is 5.73 Å². The summed E-state index contributed by atoms with van der Waals surface area (Å²) in [5.41, 5.74) is 7.72. The largest absolute Gasteiger partial charge is 0.448 e. The second kappa shape index (κ2) is 3.96. The number of hydrogen-bond donors (Lipinski definition) is 1. The van der Waals surface area contributed by atoms with E-state index < -0.39 is 0 Å². The molecule has 4 heteroatoms. The predicted octanol–water partition coefficient (Wildman–Crippen LogP) is 3.09. The number of oxazole rings is 1. The molecule has 3 rings (SSSR count). The molecule has 2 N–H and O–H groups in total. The molecule has 0 radical (unpaired) electrons. The van der Waals surface area contributed by atoms with Crippen LogP contribution in [-0.4, -0.2) is 11.5 Å². The van der Waals surface area contributed by atoms with Crippen molar-refractivity contribution < 1.29 is 4.42 Å². The lowest BCUT2D eigenvalue weighted by Gasteiger charge is -2.05. The van der Waals surface area contributed by atoms with Crippen LogP contribution in [-0.2, 0) is 5.41 Å². The van der Waals surface area contributed by atoms with Crippen molar-refractivity contribution >= 4 is 15.9 Å². The van der Waals surface area contributed by atoms with Crippen LogP contribution in [0.25, 0.3) is 11.3 Å². The third-order valence-electron chi connectivity index (χ3n) is 3.32. The first-order chi connectivity index (χ1) is 8.23. The summed E-state index contributed by atoms with van der Waals surface area (Å²) < 4.78 is 6.61. The molecular weight excluding hydrogens is 280 g/mol. The van der Waals surface area contributed by atoms with Gasteiger partial charge in [0.1, 0.15) is 12.0 Å². The van der Waals surface area contributed by atoms with Gasteiger partial charge in [0.2, 0.25) is 5.89 Å². The van der Waals surface area contributed by atoms with Crippen LogP contribution >= 0.6 is 15.9 Å². The third-order valence-corrected chi connectivity index (χ3v) is 3.82. The highest BCUT2D eigenvalue weighted by atomic mass is 79.9. The zero-order valence-corrected chi connectivity index (χ0v) is 10.9. The molecule has 1 aromatic carbocycles. The SMILES string of the molecule is NCC1(c2nc(-c3cccc(Br)c3)co2)CC1. The highest BCUT2D eigenvalue weighted by Crippen LogP contribution is 2.47. The number of nitrogens with zero attached hydrogens (tertiary/aromatic N) is 1. The molecule has 3 nitrogen and oxygen atoms in total. The molecule has 0 unspecified atom stereocenters. The Morgan fingerprint density at radius 3 is 2.88 bits per heavy atom. The van der Waals surface area contributed by atoms with Crippen molar-refractivity contribution in [2.24, 2.45) is 5.73 Å². The van der Waals surface area contributed by atoms with E-state index in [-0.39, 0.29) is 5.41 Å². The first-order valence-corrected chi connectivity index (χ1v) is 6.45. The Bertz CT molecular complexity index is 546. The summed E-state index contributed by atoms with van der Waals surface area (Å²) in [6.45, 7) is 0.617. The lowest BCUT2D eigenvalue weighted by atomic mass is 10.1. The summed E-state index contributed by atoms with van der Waals surface area (Å²) in [6, 6.07) is 8.04. The zero-order chi connectivity index (χ0) is 11.9. The molecule has 88 valence electrons. The van der Waals surface area contributed by atoms with Crippen LogP contribution in [0.5, 0.6) is 0 Å². The van der Waals surface area contributed by atoms with Gasteiger partial charge in [0.25, 0.3) is 0 Å². The molecule has 0 amide bonds. The van der Waals surface area contributed by atoms with Crippen LogP contribution in [0.1, 0.15) is 18.7 Å². The van der Waals surface area contributed by atoms with Crippen molar-refractivity contribution in [3.63, 3.8) is 0 Å². The minimum absolute atomic E-state index is 0.0181. The molecule has 1 aliphatic rings. The average molecular weight is 293 g/mol. The topological polar surface area (TPSA) is 52.0 Å². The summed E-state index contributed by atoms with van der Waals surface area (Å²) in [5, 5.41) is 0. The smallest absolute Gasteiger partial charge is 0.202 e. The average Bonchev–Trinajstić information content (AvgIpc) is 2.99. The molecule has 0 spiro atoms. The maximum atomic E-state index is 5.77. The van der Waals surface area contributed by atoms with Gasteiger partial charge in [-0.05, 0) is 25.0 Å². The normalized spacial score (nSPS) is 17.1. The van der Waals surface area contributed by atoms with Crippen LogP contribution in [0.2, 0.25) is 0 Å². The van der Waals surface area contributed by atoms with E-state index in [1.54, 1.807) is 6.26 Å². The fourth-order valence-electron chi connectivity index (χ4n) is 1.95. The lowest BCUT2D eigenvalue weighted by molar-refractivity contribution is 0.437. The first kappa shape index (κ1) is 11.0. The van der Waals surface area contributed by atoms with Crippen molar-refractivity contribution in [1.82, 2.24) is 4.98 Å².